The van der Waals surface area contributed by atoms with Crippen LogP contribution in [0.3, 0.4) is 0 Å². The topological polar surface area (TPSA) is 103 Å². The normalized spacial score (nSPS) is 13.9. The lowest BCUT2D eigenvalue weighted by Gasteiger charge is -2.12. The molecule has 1 aliphatic rings. The number of amides is 2. The van der Waals surface area contributed by atoms with Gasteiger partial charge in [-0.3, -0.25) is 14.5 Å². The van der Waals surface area contributed by atoms with Gasteiger partial charge in [0.1, 0.15) is 0 Å². The van der Waals surface area contributed by atoms with Gasteiger partial charge >= 0.3 is 5.97 Å². The molecular weight excluding hydrogens is 410 g/mol. The number of esters is 1. The number of hydrogen-bond acceptors (Lipinski definition) is 7. The van der Waals surface area contributed by atoms with Gasteiger partial charge in [0, 0.05) is 12.1 Å². The summed E-state index contributed by atoms with van der Waals surface area (Å²) < 4.78 is 11.1. The molecule has 32 heavy (non-hydrogen) atoms. The van der Waals surface area contributed by atoms with Gasteiger partial charge in [0.05, 0.1) is 16.7 Å². The molecule has 1 aliphatic heterocycles. The molecule has 4 rings (SSSR count). The molecule has 0 radical (unpaired) electrons. The summed E-state index contributed by atoms with van der Waals surface area (Å²) in [6, 6.07) is 12.0. The van der Waals surface area contributed by atoms with Crippen LogP contribution in [0, 0.1) is 6.92 Å². The van der Waals surface area contributed by atoms with Crippen LogP contribution >= 0.6 is 0 Å². The Bertz CT molecular complexity index is 1180. The lowest BCUT2D eigenvalue weighted by molar-refractivity contribution is 0.0279. The molecule has 1 aromatic heterocycles. The number of rotatable bonds is 7. The number of benzene rings is 2. The molecule has 2 heterocycles. The number of unbranched alkanes of at least 4 members (excludes halogenated alkanes) is 1. The minimum Gasteiger partial charge on any atom is -0.449 e. The minimum absolute atomic E-state index is 0.159. The maximum Gasteiger partial charge on any atom is 0.338 e. The fourth-order valence-corrected chi connectivity index (χ4v) is 3.43. The van der Waals surface area contributed by atoms with E-state index in [2.05, 4.69) is 10.2 Å². The van der Waals surface area contributed by atoms with Crippen LogP contribution in [0.4, 0.5) is 0 Å². The second kappa shape index (κ2) is 8.74. The van der Waals surface area contributed by atoms with Crippen LogP contribution in [-0.4, -0.2) is 39.4 Å². The molecule has 8 heteroatoms. The van der Waals surface area contributed by atoms with Crippen LogP contribution in [-0.2, 0) is 4.74 Å². The van der Waals surface area contributed by atoms with E-state index >= 15 is 0 Å². The Morgan fingerprint density at radius 2 is 1.78 bits per heavy atom. The third-order valence-electron chi connectivity index (χ3n) is 5.31. The molecule has 0 saturated carbocycles. The van der Waals surface area contributed by atoms with Gasteiger partial charge in [-0.2, -0.15) is 0 Å². The van der Waals surface area contributed by atoms with Gasteiger partial charge < -0.3 is 9.15 Å². The summed E-state index contributed by atoms with van der Waals surface area (Å²) in [6.45, 7) is 5.95. The third-order valence-corrected chi connectivity index (χ3v) is 5.31. The van der Waals surface area contributed by atoms with Gasteiger partial charge in [-0.15, -0.1) is 10.2 Å². The van der Waals surface area contributed by atoms with Crippen molar-refractivity contribution < 1.29 is 23.5 Å². The lowest BCUT2D eigenvalue weighted by atomic mass is 10.1. The largest absolute Gasteiger partial charge is 0.449 e. The van der Waals surface area contributed by atoms with Crippen LogP contribution in [0.25, 0.3) is 11.5 Å². The first-order valence-corrected chi connectivity index (χ1v) is 10.5. The summed E-state index contributed by atoms with van der Waals surface area (Å²) in [4.78, 5) is 38.9. The monoisotopic (exact) mass is 433 g/mol. The van der Waals surface area contributed by atoms with Crippen molar-refractivity contribution in [1.82, 2.24) is 15.1 Å². The Balaban J connectivity index is 1.47. The smallest absolute Gasteiger partial charge is 0.338 e. The van der Waals surface area contributed by atoms with E-state index in [0.29, 0.717) is 18.0 Å². The highest BCUT2D eigenvalue weighted by molar-refractivity contribution is 6.21. The standard InChI is InChI=1S/C24H23N3O5/c1-4-5-12-27-22(28)18-11-10-17(13-19(18)23(27)29)24(30)31-15(3)20-25-26-21(32-20)16-8-6-14(2)7-9-16/h6-11,13,15H,4-5,12H2,1-3H3. The Morgan fingerprint density at radius 3 is 2.50 bits per heavy atom. The molecule has 8 nitrogen and oxygen atoms in total. The summed E-state index contributed by atoms with van der Waals surface area (Å²) in [7, 11) is 0. The van der Waals surface area contributed by atoms with Crippen molar-refractivity contribution in [2.24, 2.45) is 0 Å². The van der Waals surface area contributed by atoms with E-state index in [1.807, 2.05) is 38.1 Å². The highest BCUT2D eigenvalue weighted by atomic mass is 16.6. The number of hydrogen-bond donors (Lipinski definition) is 0. The predicted molar refractivity (Wildman–Crippen MR) is 115 cm³/mol. The van der Waals surface area contributed by atoms with E-state index < -0.39 is 12.1 Å². The molecule has 3 aromatic rings. The van der Waals surface area contributed by atoms with Gasteiger partial charge in [-0.05, 0) is 50.6 Å². The van der Waals surface area contributed by atoms with Gasteiger partial charge in [-0.25, -0.2) is 4.79 Å². The highest BCUT2D eigenvalue weighted by Crippen LogP contribution is 2.27. The molecule has 0 spiro atoms. The van der Waals surface area contributed by atoms with Crippen molar-refractivity contribution in [3.05, 3.63) is 70.6 Å². The average Bonchev–Trinajstić information content (AvgIpc) is 3.37. The van der Waals surface area contributed by atoms with Crippen molar-refractivity contribution >= 4 is 17.8 Å². The van der Waals surface area contributed by atoms with Crippen LogP contribution in [0.2, 0.25) is 0 Å². The van der Waals surface area contributed by atoms with E-state index in [4.69, 9.17) is 9.15 Å². The molecule has 1 unspecified atom stereocenters. The van der Waals surface area contributed by atoms with Gasteiger partial charge in [0.25, 0.3) is 17.7 Å². The zero-order valence-corrected chi connectivity index (χ0v) is 18.1. The minimum atomic E-state index is -0.791. The van der Waals surface area contributed by atoms with E-state index in [0.717, 1.165) is 24.0 Å². The van der Waals surface area contributed by atoms with Gasteiger partial charge in [0.2, 0.25) is 5.89 Å². The van der Waals surface area contributed by atoms with Crippen LogP contribution in [0.1, 0.15) is 75.3 Å². The van der Waals surface area contributed by atoms with Crippen molar-refractivity contribution in [3.8, 4) is 11.5 Å². The molecular formula is C24H23N3O5. The van der Waals surface area contributed by atoms with Crippen LogP contribution in [0.5, 0.6) is 0 Å². The van der Waals surface area contributed by atoms with Gasteiger partial charge in [0.15, 0.2) is 6.10 Å². The highest BCUT2D eigenvalue weighted by Gasteiger charge is 2.35. The Hall–Kier alpha value is -3.81. The fourth-order valence-electron chi connectivity index (χ4n) is 3.43. The van der Waals surface area contributed by atoms with Crippen LogP contribution < -0.4 is 0 Å². The van der Waals surface area contributed by atoms with E-state index in [-0.39, 0.29) is 28.8 Å². The summed E-state index contributed by atoms with van der Waals surface area (Å²) in [5, 5.41) is 8.00. The zero-order chi connectivity index (χ0) is 22.8. The SMILES string of the molecule is CCCCN1C(=O)c2ccc(C(=O)OC(C)c3nnc(-c4ccc(C)cc4)o3)cc2C1=O. The van der Waals surface area contributed by atoms with Crippen LogP contribution in [0.15, 0.2) is 46.9 Å². The summed E-state index contributed by atoms with van der Waals surface area (Å²) in [6.07, 6.45) is 0.803. The number of aryl methyl sites for hydroxylation is 1. The maximum atomic E-state index is 12.7. The second-order valence-electron chi connectivity index (χ2n) is 7.73. The lowest BCUT2D eigenvalue weighted by Crippen LogP contribution is -2.30. The predicted octanol–water partition coefficient (Wildman–Crippen LogP) is 4.36. The molecule has 2 aromatic carbocycles. The zero-order valence-electron chi connectivity index (χ0n) is 18.1. The number of aromatic nitrogens is 2. The molecule has 0 bridgehead atoms. The molecule has 2 amide bonds. The average molecular weight is 433 g/mol. The molecule has 0 saturated heterocycles. The first-order valence-electron chi connectivity index (χ1n) is 10.5. The van der Waals surface area contributed by atoms with Crippen molar-refractivity contribution in [2.75, 3.05) is 6.54 Å². The number of carbonyl (C=O) groups excluding carboxylic acids is 3. The Morgan fingerprint density at radius 1 is 1.06 bits per heavy atom. The maximum absolute atomic E-state index is 12.7. The van der Waals surface area contributed by atoms with E-state index in [1.165, 1.54) is 23.1 Å². The first kappa shape index (κ1) is 21.4. The number of nitrogens with zero attached hydrogens (tertiary/aromatic N) is 3. The number of imide groups is 1. The van der Waals surface area contributed by atoms with Gasteiger partial charge in [-0.1, -0.05) is 31.0 Å². The van der Waals surface area contributed by atoms with Crippen molar-refractivity contribution in [2.45, 2.75) is 39.7 Å². The Labute approximate surface area is 185 Å². The molecule has 0 aliphatic carbocycles. The third kappa shape index (κ3) is 4.03. The number of carbonyl (C=O) groups is 3. The molecule has 164 valence electrons. The number of fused-ring (bicyclic) bond motifs is 1. The van der Waals surface area contributed by atoms with Crippen molar-refractivity contribution in [3.63, 3.8) is 0 Å². The summed E-state index contributed by atoms with van der Waals surface area (Å²) in [5.41, 5.74) is 2.57. The molecule has 0 N–H and O–H groups in total. The van der Waals surface area contributed by atoms with E-state index in [1.54, 1.807) is 6.92 Å². The van der Waals surface area contributed by atoms with Crippen molar-refractivity contribution in [1.29, 1.82) is 0 Å². The fraction of sp³-hybridized carbons (Fsp3) is 0.292. The second-order valence-corrected chi connectivity index (χ2v) is 7.73. The number of ether oxygens (including phenoxy) is 1. The summed E-state index contributed by atoms with van der Waals surface area (Å²) in [5.74, 6) is -0.881. The Kier molecular flexibility index (Phi) is 5.85. The quantitative estimate of drug-likeness (QED) is 0.403. The first-order chi connectivity index (χ1) is 15.4. The summed E-state index contributed by atoms with van der Waals surface area (Å²) >= 11 is 0. The molecule has 0 fully saturated rings. The van der Waals surface area contributed by atoms with E-state index in [9.17, 15) is 14.4 Å². The molecule has 1 atom stereocenters.